The maximum atomic E-state index is 11.0. The quantitative estimate of drug-likeness (QED) is 0.512. The van der Waals surface area contributed by atoms with E-state index >= 15 is 0 Å². The molecule has 10 heavy (non-hydrogen) atoms. The fourth-order valence-corrected chi connectivity index (χ4v) is 2.15. The molecule has 0 aromatic rings. The van der Waals surface area contributed by atoms with E-state index in [0.29, 0.717) is 5.92 Å². The summed E-state index contributed by atoms with van der Waals surface area (Å²) in [6, 6.07) is 0. The molecule has 3 unspecified atom stereocenters. The molecule has 2 fully saturated rings. The summed E-state index contributed by atoms with van der Waals surface area (Å²) >= 11 is 0. The number of methoxy groups -OCH3 is 1. The lowest BCUT2D eigenvalue weighted by Crippen LogP contribution is -2.15. The van der Waals surface area contributed by atoms with Gasteiger partial charge in [-0.15, -0.1) is 0 Å². The van der Waals surface area contributed by atoms with E-state index in [4.69, 9.17) is 4.74 Å². The monoisotopic (exact) mass is 140 g/mol. The second-order valence-electron chi connectivity index (χ2n) is 3.37. The molecule has 0 radical (unpaired) electrons. The van der Waals surface area contributed by atoms with Crippen LogP contribution in [0.2, 0.25) is 0 Å². The summed E-state index contributed by atoms with van der Waals surface area (Å²) in [5.41, 5.74) is 0. The Labute approximate surface area is 60.6 Å². The van der Waals surface area contributed by atoms with Crippen LogP contribution in [-0.2, 0) is 9.53 Å². The lowest BCUT2D eigenvalue weighted by atomic mass is 10.0. The fraction of sp³-hybridized carbons (Fsp3) is 0.875. The molecule has 2 rings (SSSR count). The van der Waals surface area contributed by atoms with Crippen LogP contribution in [0.1, 0.15) is 19.3 Å². The zero-order valence-electron chi connectivity index (χ0n) is 6.17. The van der Waals surface area contributed by atoms with Crippen molar-refractivity contribution in [2.24, 2.45) is 17.8 Å². The van der Waals surface area contributed by atoms with Gasteiger partial charge in [0.25, 0.3) is 0 Å². The summed E-state index contributed by atoms with van der Waals surface area (Å²) in [5, 5.41) is 0. The Morgan fingerprint density at radius 3 is 2.70 bits per heavy atom. The first-order valence-electron chi connectivity index (χ1n) is 3.90. The van der Waals surface area contributed by atoms with Crippen LogP contribution < -0.4 is 0 Å². The molecular formula is C8H12O2. The van der Waals surface area contributed by atoms with Crippen molar-refractivity contribution in [1.29, 1.82) is 0 Å². The van der Waals surface area contributed by atoms with E-state index < -0.39 is 0 Å². The van der Waals surface area contributed by atoms with Crippen molar-refractivity contribution in [1.82, 2.24) is 0 Å². The van der Waals surface area contributed by atoms with Gasteiger partial charge in [-0.1, -0.05) is 0 Å². The third kappa shape index (κ3) is 0.746. The molecule has 0 spiro atoms. The van der Waals surface area contributed by atoms with Crippen LogP contribution in [0.5, 0.6) is 0 Å². The molecule has 56 valence electrons. The Hall–Kier alpha value is -0.530. The van der Waals surface area contributed by atoms with Gasteiger partial charge in [0.1, 0.15) is 0 Å². The minimum absolute atomic E-state index is 0.0185. The third-order valence-corrected chi connectivity index (χ3v) is 2.85. The van der Waals surface area contributed by atoms with Crippen molar-refractivity contribution in [3.05, 3.63) is 0 Å². The number of rotatable bonds is 1. The van der Waals surface area contributed by atoms with E-state index in [-0.39, 0.29) is 11.9 Å². The molecule has 2 nitrogen and oxygen atoms in total. The van der Waals surface area contributed by atoms with E-state index in [2.05, 4.69) is 0 Å². The highest BCUT2D eigenvalue weighted by molar-refractivity contribution is 5.73. The topological polar surface area (TPSA) is 26.3 Å². The second kappa shape index (κ2) is 1.97. The average Bonchev–Trinajstić information content (AvgIpc) is 2.62. The first-order chi connectivity index (χ1) is 4.83. The number of ether oxygens (including phenoxy) is 1. The first-order valence-corrected chi connectivity index (χ1v) is 3.90. The van der Waals surface area contributed by atoms with Gasteiger partial charge in [0, 0.05) is 0 Å². The van der Waals surface area contributed by atoms with Gasteiger partial charge < -0.3 is 4.74 Å². The maximum absolute atomic E-state index is 11.0. The van der Waals surface area contributed by atoms with Gasteiger partial charge in [-0.3, -0.25) is 4.79 Å². The molecule has 0 aliphatic heterocycles. The molecule has 2 saturated carbocycles. The van der Waals surface area contributed by atoms with E-state index in [1.807, 2.05) is 0 Å². The van der Waals surface area contributed by atoms with Crippen molar-refractivity contribution in [3.63, 3.8) is 0 Å². The largest absolute Gasteiger partial charge is 0.469 e. The van der Waals surface area contributed by atoms with Crippen LogP contribution in [-0.4, -0.2) is 13.1 Å². The van der Waals surface area contributed by atoms with E-state index in [0.717, 1.165) is 12.3 Å². The van der Waals surface area contributed by atoms with E-state index in [1.165, 1.54) is 20.0 Å². The van der Waals surface area contributed by atoms with Crippen LogP contribution in [0.25, 0.3) is 0 Å². The number of esters is 1. The molecule has 0 bridgehead atoms. The highest BCUT2D eigenvalue weighted by Crippen LogP contribution is 2.55. The van der Waals surface area contributed by atoms with E-state index in [9.17, 15) is 4.79 Å². The van der Waals surface area contributed by atoms with Gasteiger partial charge in [0.15, 0.2) is 0 Å². The Bertz CT molecular complexity index is 165. The number of hydrogen-bond donors (Lipinski definition) is 0. The highest BCUT2D eigenvalue weighted by atomic mass is 16.5. The van der Waals surface area contributed by atoms with Gasteiger partial charge >= 0.3 is 5.97 Å². The smallest absolute Gasteiger partial charge is 0.308 e. The maximum Gasteiger partial charge on any atom is 0.308 e. The molecule has 0 N–H and O–H groups in total. The summed E-state index contributed by atoms with van der Waals surface area (Å²) in [7, 11) is 1.48. The Balaban J connectivity index is 1.98. The number of fused-ring (bicyclic) bond motifs is 1. The predicted octanol–water partition coefficient (Wildman–Crippen LogP) is 1.21. The van der Waals surface area contributed by atoms with Crippen LogP contribution in [0.4, 0.5) is 0 Å². The lowest BCUT2D eigenvalue weighted by Gasteiger charge is -2.06. The fourth-order valence-electron chi connectivity index (χ4n) is 2.15. The summed E-state index contributed by atoms with van der Waals surface area (Å²) in [6.07, 6.45) is 3.60. The zero-order valence-corrected chi connectivity index (χ0v) is 6.17. The highest BCUT2D eigenvalue weighted by Gasteiger charge is 2.51. The zero-order chi connectivity index (χ0) is 7.14. The predicted molar refractivity (Wildman–Crippen MR) is 36.3 cm³/mol. The molecule has 3 atom stereocenters. The minimum Gasteiger partial charge on any atom is -0.469 e. The molecule has 2 aliphatic rings. The molecular weight excluding hydrogens is 128 g/mol. The second-order valence-corrected chi connectivity index (χ2v) is 3.37. The van der Waals surface area contributed by atoms with Gasteiger partial charge in [0.05, 0.1) is 13.0 Å². The van der Waals surface area contributed by atoms with Crippen LogP contribution >= 0.6 is 0 Å². The molecule has 0 aromatic carbocycles. The van der Waals surface area contributed by atoms with Crippen molar-refractivity contribution in [2.75, 3.05) is 7.11 Å². The summed E-state index contributed by atoms with van der Waals surface area (Å²) in [5.74, 6) is 1.86. The number of carbonyl (C=O) groups is 1. The lowest BCUT2D eigenvalue weighted by molar-refractivity contribution is -0.145. The van der Waals surface area contributed by atoms with Gasteiger partial charge in [-0.2, -0.15) is 0 Å². The third-order valence-electron chi connectivity index (χ3n) is 2.85. The van der Waals surface area contributed by atoms with Crippen molar-refractivity contribution in [2.45, 2.75) is 19.3 Å². The molecule has 0 amide bonds. The molecule has 0 saturated heterocycles. The van der Waals surface area contributed by atoms with Crippen LogP contribution in [0, 0.1) is 17.8 Å². The van der Waals surface area contributed by atoms with Gasteiger partial charge in [0.2, 0.25) is 0 Å². The first kappa shape index (κ1) is 6.20. The van der Waals surface area contributed by atoms with Crippen molar-refractivity contribution in [3.8, 4) is 0 Å². The van der Waals surface area contributed by atoms with E-state index in [1.54, 1.807) is 0 Å². The summed E-state index contributed by atoms with van der Waals surface area (Å²) in [4.78, 5) is 11.0. The van der Waals surface area contributed by atoms with Gasteiger partial charge in [-0.25, -0.2) is 0 Å². The Kier molecular flexibility index (Phi) is 1.22. The molecule has 0 aromatic heterocycles. The van der Waals surface area contributed by atoms with Crippen LogP contribution in [0.3, 0.4) is 0 Å². The van der Waals surface area contributed by atoms with Gasteiger partial charge in [-0.05, 0) is 31.1 Å². The summed E-state index contributed by atoms with van der Waals surface area (Å²) in [6.45, 7) is 0. The number of hydrogen-bond acceptors (Lipinski definition) is 2. The average molecular weight is 140 g/mol. The van der Waals surface area contributed by atoms with Crippen LogP contribution in [0.15, 0.2) is 0 Å². The molecule has 2 aliphatic carbocycles. The number of carbonyl (C=O) groups excluding carboxylic acids is 1. The van der Waals surface area contributed by atoms with Crippen molar-refractivity contribution >= 4 is 5.97 Å². The SMILES string of the molecule is COC(=O)C1CCC2CC21. The standard InChI is InChI=1S/C8H12O2/c1-10-8(9)6-3-2-5-4-7(5)6/h5-7H,2-4H2,1H3. The minimum atomic E-state index is 0.0185. The summed E-state index contributed by atoms with van der Waals surface area (Å²) < 4.78 is 4.69. The molecule has 0 heterocycles. The van der Waals surface area contributed by atoms with Crippen molar-refractivity contribution < 1.29 is 9.53 Å². The molecule has 2 heteroatoms. The normalized spacial score (nSPS) is 42.7. The Morgan fingerprint density at radius 2 is 2.30 bits per heavy atom. The Morgan fingerprint density at radius 1 is 1.50 bits per heavy atom.